The lowest BCUT2D eigenvalue weighted by molar-refractivity contribution is 0.709. The van der Waals surface area contributed by atoms with Crippen molar-refractivity contribution in [1.82, 2.24) is 0 Å². The fraction of sp³-hybridized carbons (Fsp3) is 0.263. The predicted molar refractivity (Wildman–Crippen MR) is 172 cm³/mol. The lowest BCUT2D eigenvalue weighted by Gasteiger charge is -2.41. The van der Waals surface area contributed by atoms with Crippen molar-refractivity contribution in [3.63, 3.8) is 0 Å². The van der Waals surface area contributed by atoms with E-state index in [0.717, 1.165) is 0 Å². The van der Waals surface area contributed by atoms with Crippen LogP contribution in [0.15, 0.2) is 108 Å². The minimum atomic E-state index is -1.98. The van der Waals surface area contributed by atoms with Gasteiger partial charge in [-0.3, -0.25) is 0 Å². The van der Waals surface area contributed by atoms with Crippen LogP contribution in [-0.4, -0.2) is 8.07 Å². The van der Waals surface area contributed by atoms with Gasteiger partial charge in [-0.1, -0.05) is 161 Å². The van der Waals surface area contributed by atoms with Gasteiger partial charge in [0.05, 0.1) is 8.07 Å². The van der Waals surface area contributed by atoms with Crippen LogP contribution in [0.5, 0.6) is 0 Å². The smallest absolute Gasteiger partial charge is 0.0679 e. The summed E-state index contributed by atoms with van der Waals surface area (Å²) in [7, 11) is -1.98. The van der Waals surface area contributed by atoms with Crippen LogP contribution >= 0.6 is 0 Å². The second-order valence-electron chi connectivity index (χ2n) is 12.6. The molecule has 2 aliphatic rings. The molecule has 1 heteroatoms. The molecule has 0 amide bonds. The average Bonchev–Trinajstić information content (AvgIpc) is 3.54. The summed E-state index contributed by atoms with van der Waals surface area (Å²) < 4.78 is 0. The van der Waals surface area contributed by atoms with Gasteiger partial charge < -0.3 is 0 Å². The molecule has 39 heavy (non-hydrogen) atoms. The van der Waals surface area contributed by atoms with Gasteiger partial charge in [-0.2, -0.15) is 0 Å². The van der Waals surface area contributed by atoms with Gasteiger partial charge in [0.2, 0.25) is 0 Å². The van der Waals surface area contributed by atoms with Crippen LogP contribution in [0, 0.1) is 11.8 Å². The third-order valence-electron chi connectivity index (χ3n) is 9.18. The van der Waals surface area contributed by atoms with Crippen molar-refractivity contribution < 1.29 is 0 Å². The summed E-state index contributed by atoms with van der Waals surface area (Å²) in [4.78, 5) is 0. The van der Waals surface area contributed by atoms with Gasteiger partial charge in [-0.25, -0.2) is 0 Å². The molecule has 0 nitrogen and oxygen atoms in total. The van der Waals surface area contributed by atoms with Crippen molar-refractivity contribution in [2.45, 2.75) is 51.9 Å². The first-order chi connectivity index (χ1) is 18.8. The minimum Gasteiger partial charge on any atom is -0.0679 e. The van der Waals surface area contributed by atoms with Crippen LogP contribution in [0.2, 0.25) is 13.1 Å². The summed E-state index contributed by atoms with van der Waals surface area (Å²) in [5.41, 5.74) is 15.6. The Kier molecular flexibility index (Phi) is 6.59. The van der Waals surface area contributed by atoms with Crippen LogP contribution in [-0.2, 0) is 0 Å². The Morgan fingerprint density at radius 1 is 0.487 bits per heavy atom. The molecule has 0 saturated carbocycles. The molecule has 196 valence electrons. The molecule has 0 spiro atoms. The van der Waals surface area contributed by atoms with Gasteiger partial charge in [-0.15, -0.1) is 0 Å². The normalized spacial score (nSPS) is 18.3. The number of hydrogen-bond donors (Lipinski definition) is 0. The first-order valence-corrected chi connectivity index (χ1v) is 17.7. The summed E-state index contributed by atoms with van der Waals surface area (Å²) in [5, 5.41) is 0. The number of benzene rings is 4. The van der Waals surface area contributed by atoms with Gasteiger partial charge in [0, 0.05) is 11.1 Å². The molecule has 0 heterocycles. The molecular weight excluding hydrogens is 485 g/mol. The number of rotatable bonds is 6. The van der Waals surface area contributed by atoms with E-state index in [-0.39, 0.29) is 0 Å². The zero-order chi connectivity index (χ0) is 27.3. The van der Waals surface area contributed by atoms with Crippen molar-refractivity contribution in [2.75, 3.05) is 0 Å². The Hall–Kier alpha value is -3.42. The highest BCUT2D eigenvalue weighted by molar-refractivity contribution is 6.81. The number of fused-ring (bicyclic) bond motifs is 2. The maximum atomic E-state index is 2.67. The Morgan fingerprint density at radius 2 is 0.872 bits per heavy atom. The maximum absolute atomic E-state index is 2.67. The highest BCUT2D eigenvalue weighted by Crippen LogP contribution is 2.56. The SMILES string of the molecule is CC(C)C1=Cc2c(-c3ccccc3)cccc2C1[Si](C)(C)C1C(C(C)C)=Cc2c(-c3ccccc3)cccc21. The standard InChI is InChI=1S/C38H40Si/c1-25(2)33-23-35-29(27-15-9-7-10-16-27)19-13-21-31(35)37(33)39(5,6)38-32-22-14-20-30(28-17-11-8-12-18-28)36(32)24-34(38)26(3)4/h7-26,37-38H,1-6H3. The van der Waals surface area contributed by atoms with Crippen molar-refractivity contribution in [3.8, 4) is 22.3 Å². The topological polar surface area (TPSA) is 0 Å². The monoisotopic (exact) mass is 524 g/mol. The van der Waals surface area contributed by atoms with E-state index in [9.17, 15) is 0 Å². The molecule has 2 aliphatic carbocycles. The van der Waals surface area contributed by atoms with E-state index < -0.39 is 8.07 Å². The third-order valence-corrected chi connectivity index (χ3v) is 13.4. The van der Waals surface area contributed by atoms with Crippen LogP contribution in [0.1, 0.15) is 61.0 Å². The Balaban J connectivity index is 1.53. The summed E-state index contributed by atoms with van der Waals surface area (Å²) in [6.07, 6.45) is 5.13. The Bertz CT molecular complexity index is 1450. The molecule has 0 bridgehead atoms. The summed E-state index contributed by atoms with van der Waals surface area (Å²) >= 11 is 0. The second kappa shape index (κ2) is 9.95. The highest BCUT2D eigenvalue weighted by atomic mass is 28.3. The Labute approximate surface area is 236 Å². The van der Waals surface area contributed by atoms with Gasteiger partial charge >= 0.3 is 0 Å². The van der Waals surface area contributed by atoms with Crippen molar-refractivity contribution in [2.24, 2.45) is 11.8 Å². The molecule has 0 aromatic heterocycles. The average molecular weight is 525 g/mol. The van der Waals surface area contributed by atoms with Crippen LogP contribution < -0.4 is 0 Å². The maximum Gasteiger partial charge on any atom is 0.0722 e. The fourth-order valence-electron chi connectivity index (χ4n) is 7.42. The van der Waals surface area contributed by atoms with E-state index >= 15 is 0 Å². The van der Waals surface area contributed by atoms with Crippen molar-refractivity contribution in [3.05, 3.63) is 130 Å². The molecular formula is C38H40Si. The van der Waals surface area contributed by atoms with Crippen molar-refractivity contribution >= 4 is 20.2 Å². The first kappa shape index (κ1) is 25.8. The molecule has 6 rings (SSSR count). The van der Waals surface area contributed by atoms with Gasteiger partial charge in [-0.05, 0) is 56.3 Å². The van der Waals surface area contributed by atoms with E-state index in [1.165, 1.54) is 33.4 Å². The fourth-order valence-corrected chi connectivity index (χ4v) is 12.4. The number of allylic oxidation sites excluding steroid dienone is 2. The molecule has 0 saturated heterocycles. The second-order valence-corrected chi connectivity index (χ2v) is 17.4. The van der Waals surface area contributed by atoms with E-state index in [4.69, 9.17) is 0 Å². The quantitative estimate of drug-likeness (QED) is 0.220. The molecule has 0 N–H and O–H groups in total. The van der Waals surface area contributed by atoms with Crippen LogP contribution in [0.3, 0.4) is 0 Å². The third kappa shape index (κ3) is 4.28. The summed E-state index contributed by atoms with van der Waals surface area (Å²) in [5.74, 6) is 1.03. The lowest BCUT2D eigenvalue weighted by Crippen LogP contribution is -2.44. The molecule has 4 aromatic carbocycles. The zero-order valence-electron chi connectivity index (χ0n) is 24.2. The van der Waals surface area contributed by atoms with E-state index in [0.29, 0.717) is 22.9 Å². The van der Waals surface area contributed by atoms with Gasteiger partial charge in [0.1, 0.15) is 0 Å². The summed E-state index contributed by atoms with van der Waals surface area (Å²) in [6, 6.07) is 36.0. The number of hydrogen-bond acceptors (Lipinski definition) is 0. The van der Waals surface area contributed by atoms with Gasteiger partial charge in [0.15, 0.2) is 0 Å². The van der Waals surface area contributed by atoms with Crippen molar-refractivity contribution in [1.29, 1.82) is 0 Å². The zero-order valence-corrected chi connectivity index (χ0v) is 25.2. The van der Waals surface area contributed by atoms with E-state index in [2.05, 4.69) is 150 Å². The lowest BCUT2D eigenvalue weighted by atomic mass is 9.96. The van der Waals surface area contributed by atoms with E-state index in [1.54, 1.807) is 22.3 Å². The molecule has 2 unspecified atom stereocenters. The van der Waals surface area contributed by atoms with Crippen LogP contribution in [0.4, 0.5) is 0 Å². The van der Waals surface area contributed by atoms with Crippen LogP contribution in [0.25, 0.3) is 34.4 Å². The molecule has 0 aliphatic heterocycles. The first-order valence-electron chi connectivity index (χ1n) is 14.6. The highest BCUT2D eigenvalue weighted by Gasteiger charge is 2.49. The molecule has 4 aromatic rings. The van der Waals surface area contributed by atoms with E-state index in [1.807, 2.05) is 0 Å². The molecule has 2 atom stereocenters. The van der Waals surface area contributed by atoms with Gasteiger partial charge in [0.25, 0.3) is 0 Å². The predicted octanol–water partition coefficient (Wildman–Crippen LogP) is 10.8. The minimum absolute atomic E-state index is 0.495. The Morgan fingerprint density at radius 3 is 1.23 bits per heavy atom. The molecule has 0 radical (unpaired) electrons. The molecule has 0 fully saturated rings. The largest absolute Gasteiger partial charge is 0.0722 e. The summed E-state index contributed by atoms with van der Waals surface area (Å²) in [6.45, 7) is 14.9.